The molecular formula is C21H24N6O3. The summed E-state index contributed by atoms with van der Waals surface area (Å²) in [5, 5.41) is 7.30. The topological polar surface area (TPSA) is 115 Å². The normalized spacial score (nSPS) is 11.6. The van der Waals surface area contributed by atoms with Crippen molar-refractivity contribution in [3.63, 3.8) is 0 Å². The molecule has 0 saturated heterocycles. The summed E-state index contributed by atoms with van der Waals surface area (Å²) in [5.41, 5.74) is 7.80. The number of primary amides is 1. The highest BCUT2D eigenvalue weighted by Crippen LogP contribution is 2.24. The van der Waals surface area contributed by atoms with Crippen LogP contribution in [-0.4, -0.2) is 51.8 Å². The number of rotatable bonds is 7. The molecule has 0 aliphatic rings. The van der Waals surface area contributed by atoms with Crippen LogP contribution in [0, 0.1) is 0 Å². The predicted octanol–water partition coefficient (Wildman–Crippen LogP) is 2.05. The number of urea groups is 1. The second-order valence-electron chi connectivity index (χ2n) is 6.77. The number of methoxy groups -OCH3 is 1. The van der Waals surface area contributed by atoms with Gasteiger partial charge in [0.15, 0.2) is 0 Å². The van der Waals surface area contributed by atoms with Crippen molar-refractivity contribution in [2.75, 3.05) is 19.5 Å². The minimum Gasteiger partial charge on any atom is -0.481 e. The Bertz CT molecular complexity index is 1030. The van der Waals surface area contributed by atoms with Gasteiger partial charge in [-0.2, -0.15) is 5.10 Å². The van der Waals surface area contributed by atoms with Gasteiger partial charge in [0.25, 0.3) is 0 Å². The monoisotopic (exact) mass is 408 g/mol. The first kappa shape index (κ1) is 20.8. The third-order valence-corrected chi connectivity index (χ3v) is 4.76. The molecule has 2 aromatic heterocycles. The number of nitrogens with zero attached hydrogens (tertiary/aromatic N) is 4. The molecular weight excluding hydrogens is 384 g/mol. The van der Waals surface area contributed by atoms with Crippen LogP contribution in [0.5, 0.6) is 5.88 Å². The molecule has 3 amide bonds. The maximum Gasteiger partial charge on any atom is 0.315 e. The number of nitrogens with one attached hydrogen (secondary N) is 1. The molecule has 30 heavy (non-hydrogen) atoms. The van der Waals surface area contributed by atoms with E-state index in [2.05, 4.69) is 15.4 Å². The Kier molecular flexibility index (Phi) is 6.31. The van der Waals surface area contributed by atoms with Gasteiger partial charge in [0, 0.05) is 44.4 Å². The van der Waals surface area contributed by atoms with Gasteiger partial charge in [-0.15, -0.1) is 0 Å². The summed E-state index contributed by atoms with van der Waals surface area (Å²) < 4.78 is 6.71. The molecule has 0 aliphatic carbocycles. The zero-order valence-electron chi connectivity index (χ0n) is 17.1. The number of nitrogens with two attached hydrogens (primary N) is 1. The van der Waals surface area contributed by atoms with Crippen LogP contribution < -0.4 is 15.8 Å². The number of hydrogen-bond acceptors (Lipinski definition) is 5. The van der Waals surface area contributed by atoms with Crippen LogP contribution in [0.4, 0.5) is 10.6 Å². The predicted molar refractivity (Wildman–Crippen MR) is 113 cm³/mol. The highest BCUT2D eigenvalue weighted by atomic mass is 16.5. The molecule has 0 aliphatic heterocycles. The third-order valence-electron chi connectivity index (χ3n) is 4.76. The summed E-state index contributed by atoms with van der Waals surface area (Å²) in [6.45, 7) is 0. The second-order valence-corrected chi connectivity index (χ2v) is 6.77. The number of aromatic nitrogens is 3. The summed E-state index contributed by atoms with van der Waals surface area (Å²) in [6, 6.07) is 13.3. The molecule has 1 atom stereocenters. The van der Waals surface area contributed by atoms with Crippen molar-refractivity contribution in [2.45, 2.75) is 12.5 Å². The molecule has 0 fully saturated rings. The summed E-state index contributed by atoms with van der Waals surface area (Å²) in [6.07, 6.45) is 1.96. The molecule has 0 bridgehead atoms. The highest BCUT2D eigenvalue weighted by Gasteiger charge is 2.27. The van der Waals surface area contributed by atoms with Crippen LogP contribution in [0.3, 0.4) is 0 Å². The minimum absolute atomic E-state index is 0.332. The van der Waals surface area contributed by atoms with E-state index in [0.29, 0.717) is 23.8 Å². The quantitative estimate of drug-likeness (QED) is 0.621. The van der Waals surface area contributed by atoms with E-state index in [4.69, 9.17) is 10.5 Å². The van der Waals surface area contributed by atoms with E-state index >= 15 is 0 Å². The van der Waals surface area contributed by atoms with Gasteiger partial charge < -0.3 is 20.7 Å². The lowest BCUT2D eigenvalue weighted by Crippen LogP contribution is -2.48. The van der Waals surface area contributed by atoms with E-state index in [0.717, 1.165) is 11.1 Å². The number of pyridine rings is 1. The average Bonchev–Trinajstić information content (AvgIpc) is 3.12. The standard InChI is InChI=1S/C21H24N6O3/c1-26(21(22)29)17(11-14-7-5-4-6-8-14)20(28)24-18-13-16(25-27(18)2)15-9-10-23-19(12-15)30-3/h4-10,12-13,17H,11H2,1-3H3,(H2,22,29)(H,24,28)/t17-/m0/s1. The summed E-state index contributed by atoms with van der Waals surface area (Å²) in [5.74, 6) is 0.596. The molecule has 9 heteroatoms. The third kappa shape index (κ3) is 4.75. The SMILES string of the molecule is COc1cc(-c2cc(NC(=O)[C@H](Cc3ccccc3)N(C)C(N)=O)n(C)n2)ccn1. The van der Waals surface area contributed by atoms with Gasteiger partial charge in [-0.1, -0.05) is 30.3 Å². The molecule has 1 aromatic carbocycles. The number of benzene rings is 1. The van der Waals surface area contributed by atoms with Crippen molar-refractivity contribution in [1.82, 2.24) is 19.7 Å². The Labute approximate surface area is 174 Å². The Balaban J connectivity index is 1.83. The summed E-state index contributed by atoms with van der Waals surface area (Å²) in [7, 11) is 4.77. The molecule has 156 valence electrons. The van der Waals surface area contributed by atoms with Crippen molar-refractivity contribution < 1.29 is 14.3 Å². The molecule has 9 nitrogen and oxygen atoms in total. The lowest BCUT2D eigenvalue weighted by molar-refractivity contribution is -0.120. The van der Waals surface area contributed by atoms with Crippen molar-refractivity contribution in [3.05, 3.63) is 60.3 Å². The Hall–Kier alpha value is -3.88. The summed E-state index contributed by atoms with van der Waals surface area (Å²) in [4.78, 5) is 30.1. The fraction of sp³-hybridized carbons (Fsp3) is 0.238. The van der Waals surface area contributed by atoms with Crippen LogP contribution in [0.2, 0.25) is 0 Å². The van der Waals surface area contributed by atoms with Crippen LogP contribution in [0.1, 0.15) is 5.56 Å². The first-order chi connectivity index (χ1) is 14.4. The lowest BCUT2D eigenvalue weighted by atomic mass is 10.0. The first-order valence-corrected chi connectivity index (χ1v) is 9.30. The number of aryl methyl sites for hydroxylation is 1. The van der Waals surface area contributed by atoms with E-state index in [1.54, 1.807) is 36.1 Å². The van der Waals surface area contributed by atoms with E-state index < -0.39 is 12.1 Å². The van der Waals surface area contributed by atoms with E-state index in [9.17, 15) is 9.59 Å². The Morgan fingerprint density at radius 1 is 1.23 bits per heavy atom. The molecule has 3 aromatic rings. The van der Waals surface area contributed by atoms with Gasteiger partial charge in [0.05, 0.1) is 12.8 Å². The van der Waals surface area contributed by atoms with Gasteiger partial charge >= 0.3 is 6.03 Å². The van der Waals surface area contributed by atoms with Crippen molar-refractivity contribution in [3.8, 4) is 17.1 Å². The summed E-state index contributed by atoms with van der Waals surface area (Å²) >= 11 is 0. The number of carbonyl (C=O) groups is 2. The largest absolute Gasteiger partial charge is 0.481 e. The van der Waals surface area contributed by atoms with Crippen molar-refractivity contribution in [2.24, 2.45) is 12.8 Å². The number of ether oxygens (including phenoxy) is 1. The molecule has 2 heterocycles. The van der Waals surface area contributed by atoms with E-state index in [-0.39, 0.29) is 5.91 Å². The minimum atomic E-state index is -0.774. The molecule has 3 rings (SSSR count). The van der Waals surface area contributed by atoms with Gasteiger partial charge in [-0.05, 0) is 11.6 Å². The number of hydrogen-bond donors (Lipinski definition) is 2. The lowest BCUT2D eigenvalue weighted by Gasteiger charge is -2.25. The zero-order chi connectivity index (χ0) is 21.7. The van der Waals surface area contributed by atoms with Gasteiger partial charge in [0.2, 0.25) is 11.8 Å². The van der Waals surface area contributed by atoms with Gasteiger partial charge in [-0.3, -0.25) is 9.48 Å². The van der Waals surface area contributed by atoms with Gasteiger partial charge in [-0.25, -0.2) is 9.78 Å². The smallest absolute Gasteiger partial charge is 0.315 e. The van der Waals surface area contributed by atoms with E-state index in [1.807, 2.05) is 30.3 Å². The maximum absolute atomic E-state index is 13.0. The number of amides is 3. The number of likely N-dealkylation sites (N-methyl/N-ethyl adjacent to an activating group) is 1. The molecule has 0 spiro atoms. The van der Waals surface area contributed by atoms with Gasteiger partial charge in [0.1, 0.15) is 11.9 Å². The molecule has 0 unspecified atom stereocenters. The average molecular weight is 408 g/mol. The molecule has 3 N–H and O–H groups in total. The van der Waals surface area contributed by atoms with Crippen molar-refractivity contribution >= 4 is 17.8 Å². The fourth-order valence-corrected chi connectivity index (χ4v) is 3.01. The Morgan fingerprint density at radius 2 is 1.97 bits per heavy atom. The van der Waals surface area contributed by atoms with E-state index in [1.165, 1.54) is 19.1 Å². The second kappa shape index (κ2) is 9.08. The molecule has 0 radical (unpaired) electrons. The first-order valence-electron chi connectivity index (χ1n) is 9.30. The molecule has 0 saturated carbocycles. The number of carbonyl (C=O) groups excluding carboxylic acids is 2. The Morgan fingerprint density at radius 3 is 2.63 bits per heavy atom. The van der Waals surface area contributed by atoms with Crippen LogP contribution >= 0.6 is 0 Å². The number of anilines is 1. The maximum atomic E-state index is 13.0. The van der Waals surface area contributed by atoms with Crippen LogP contribution in [-0.2, 0) is 18.3 Å². The van der Waals surface area contributed by atoms with Crippen molar-refractivity contribution in [1.29, 1.82) is 0 Å². The fourth-order valence-electron chi connectivity index (χ4n) is 3.01. The zero-order valence-corrected chi connectivity index (χ0v) is 17.1. The van der Waals surface area contributed by atoms with Crippen LogP contribution in [0.25, 0.3) is 11.3 Å². The van der Waals surface area contributed by atoms with Crippen LogP contribution in [0.15, 0.2) is 54.7 Å². The highest BCUT2D eigenvalue weighted by molar-refractivity contribution is 5.96.